The Morgan fingerprint density at radius 2 is 2.50 bits per heavy atom. The Labute approximate surface area is 69.6 Å². The number of aliphatic hydroxyl groups excluding tert-OH is 1. The number of H-pyrrole nitrogens is 1. The first-order valence-electron chi connectivity index (χ1n) is 3.79. The third-order valence-corrected chi connectivity index (χ3v) is 1.86. The van der Waals surface area contributed by atoms with Crippen LogP contribution in [0.5, 0.6) is 0 Å². The van der Waals surface area contributed by atoms with Gasteiger partial charge in [0.15, 0.2) is 0 Å². The molecule has 0 saturated heterocycles. The van der Waals surface area contributed by atoms with Crippen LogP contribution in [0.25, 0.3) is 0 Å². The van der Waals surface area contributed by atoms with Crippen molar-refractivity contribution in [2.45, 2.75) is 12.3 Å². The van der Waals surface area contributed by atoms with Gasteiger partial charge in [0.1, 0.15) is 5.76 Å². The SMILES string of the molecule is OC1=CC(c2cn[nH]n2)CC=C1. The van der Waals surface area contributed by atoms with Gasteiger partial charge in [0.05, 0.1) is 11.9 Å². The van der Waals surface area contributed by atoms with Crippen LogP contribution in [0.1, 0.15) is 18.0 Å². The summed E-state index contributed by atoms with van der Waals surface area (Å²) in [5.74, 6) is 0.461. The van der Waals surface area contributed by atoms with Crippen molar-refractivity contribution in [1.82, 2.24) is 15.4 Å². The van der Waals surface area contributed by atoms with Gasteiger partial charge in [-0.05, 0) is 18.6 Å². The summed E-state index contributed by atoms with van der Waals surface area (Å²) in [6.07, 6.45) is 7.94. The molecule has 1 unspecified atom stereocenters. The van der Waals surface area contributed by atoms with E-state index >= 15 is 0 Å². The van der Waals surface area contributed by atoms with Crippen LogP contribution in [0.4, 0.5) is 0 Å². The lowest BCUT2D eigenvalue weighted by Gasteiger charge is -2.10. The first-order chi connectivity index (χ1) is 5.86. The fourth-order valence-corrected chi connectivity index (χ4v) is 1.26. The van der Waals surface area contributed by atoms with Gasteiger partial charge in [-0.15, -0.1) is 0 Å². The van der Waals surface area contributed by atoms with Gasteiger partial charge in [-0.25, -0.2) is 0 Å². The van der Waals surface area contributed by atoms with Crippen molar-refractivity contribution in [2.75, 3.05) is 0 Å². The Morgan fingerprint density at radius 1 is 1.58 bits per heavy atom. The van der Waals surface area contributed by atoms with E-state index in [4.69, 9.17) is 0 Å². The summed E-state index contributed by atoms with van der Waals surface area (Å²) in [6.45, 7) is 0. The second kappa shape index (κ2) is 2.81. The van der Waals surface area contributed by atoms with E-state index in [9.17, 15) is 5.11 Å². The van der Waals surface area contributed by atoms with Crippen LogP contribution in [-0.2, 0) is 0 Å². The molecule has 0 radical (unpaired) electrons. The summed E-state index contributed by atoms with van der Waals surface area (Å²) in [5, 5.41) is 19.4. The van der Waals surface area contributed by atoms with Gasteiger partial charge in [-0.3, -0.25) is 0 Å². The molecule has 0 spiro atoms. The molecule has 0 amide bonds. The molecule has 2 rings (SSSR count). The molecule has 4 nitrogen and oxygen atoms in total. The average Bonchev–Trinajstić information content (AvgIpc) is 2.56. The van der Waals surface area contributed by atoms with Crippen molar-refractivity contribution in [1.29, 1.82) is 0 Å². The minimum Gasteiger partial charge on any atom is -0.508 e. The monoisotopic (exact) mass is 163 g/mol. The standard InChI is InChI=1S/C8H9N3O/c12-7-3-1-2-6(4-7)8-5-9-11-10-8/h1,3-6,12H,2H2,(H,9,10,11). The van der Waals surface area contributed by atoms with Gasteiger partial charge < -0.3 is 5.11 Å². The Balaban J connectivity index is 2.22. The third-order valence-electron chi connectivity index (χ3n) is 1.86. The zero-order valence-corrected chi connectivity index (χ0v) is 6.44. The van der Waals surface area contributed by atoms with Crippen molar-refractivity contribution in [2.24, 2.45) is 0 Å². The molecule has 0 aliphatic heterocycles. The Hall–Kier alpha value is -1.58. The van der Waals surface area contributed by atoms with E-state index in [1.54, 1.807) is 18.3 Å². The first-order valence-corrected chi connectivity index (χ1v) is 3.79. The molecule has 12 heavy (non-hydrogen) atoms. The van der Waals surface area contributed by atoms with Crippen LogP contribution in [-0.4, -0.2) is 20.5 Å². The van der Waals surface area contributed by atoms with E-state index in [1.807, 2.05) is 6.08 Å². The predicted molar refractivity (Wildman–Crippen MR) is 43.6 cm³/mol. The van der Waals surface area contributed by atoms with Crippen molar-refractivity contribution in [3.8, 4) is 0 Å². The fourth-order valence-electron chi connectivity index (χ4n) is 1.26. The normalized spacial score (nSPS) is 22.3. The van der Waals surface area contributed by atoms with Crippen LogP contribution in [0.2, 0.25) is 0 Å². The summed E-state index contributed by atoms with van der Waals surface area (Å²) in [4.78, 5) is 0. The van der Waals surface area contributed by atoms with Gasteiger partial charge in [-0.2, -0.15) is 15.4 Å². The number of nitrogens with zero attached hydrogens (tertiary/aromatic N) is 2. The highest BCUT2D eigenvalue weighted by Gasteiger charge is 2.13. The second-order valence-electron chi connectivity index (χ2n) is 2.73. The minimum atomic E-state index is 0.161. The molecule has 1 atom stereocenters. The predicted octanol–water partition coefficient (Wildman–Crippen LogP) is 1.29. The quantitative estimate of drug-likeness (QED) is 0.655. The van der Waals surface area contributed by atoms with Crippen LogP contribution in [0.15, 0.2) is 30.2 Å². The maximum atomic E-state index is 9.19. The molecule has 1 aliphatic rings. The lowest BCUT2D eigenvalue weighted by Crippen LogP contribution is -1.99. The number of aliphatic hydroxyl groups is 1. The van der Waals surface area contributed by atoms with Gasteiger partial charge in [-0.1, -0.05) is 6.08 Å². The topological polar surface area (TPSA) is 61.8 Å². The molecule has 0 saturated carbocycles. The molecule has 62 valence electrons. The van der Waals surface area contributed by atoms with E-state index in [0.717, 1.165) is 12.1 Å². The van der Waals surface area contributed by atoms with Crippen LogP contribution in [0.3, 0.4) is 0 Å². The van der Waals surface area contributed by atoms with Gasteiger partial charge in [0.25, 0.3) is 0 Å². The number of nitrogens with one attached hydrogen (secondary N) is 1. The number of hydrogen-bond donors (Lipinski definition) is 2. The highest BCUT2D eigenvalue weighted by atomic mass is 16.3. The molecule has 1 heterocycles. The molecule has 1 aliphatic carbocycles. The maximum Gasteiger partial charge on any atom is 0.111 e. The largest absolute Gasteiger partial charge is 0.508 e. The highest BCUT2D eigenvalue weighted by molar-refractivity contribution is 5.24. The molecule has 0 bridgehead atoms. The van der Waals surface area contributed by atoms with Crippen LogP contribution >= 0.6 is 0 Å². The van der Waals surface area contributed by atoms with Crippen LogP contribution in [0, 0.1) is 0 Å². The molecular weight excluding hydrogens is 154 g/mol. The summed E-state index contributed by atoms with van der Waals surface area (Å²) in [7, 11) is 0. The minimum absolute atomic E-state index is 0.161. The number of rotatable bonds is 1. The Kier molecular flexibility index (Phi) is 1.66. The van der Waals surface area contributed by atoms with Crippen LogP contribution < -0.4 is 0 Å². The molecule has 0 aromatic carbocycles. The van der Waals surface area contributed by atoms with E-state index < -0.39 is 0 Å². The average molecular weight is 163 g/mol. The second-order valence-corrected chi connectivity index (χ2v) is 2.73. The van der Waals surface area contributed by atoms with E-state index in [2.05, 4.69) is 15.4 Å². The van der Waals surface area contributed by atoms with E-state index in [0.29, 0.717) is 5.76 Å². The molecule has 4 heteroatoms. The first kappa shape index (κ1) is 7.09. The zero-order valence-electron chi connectivity index (χ0n) is 6.44. The Bertz CT molecular complexity index is 313. The number of allylic oxidation sites excluding steroid dienone is 3. The molecule has 0 fully saturated rings. The summed E-state index contributed by atoms with van der Waals surface area (Å²) in [6, 6.07) is 0. The molecular formula is C8H9N3O. The fraction of sp³-hybridized carbons (Fsp3) is 0.250. The van der Waals surface area contributed by atoms with Crippen molar-refractivity contribution < 1.29 is 5.11 Å². The Morgan fingerprint density at radius 3 is 3.17 bits per heavy atom. The zero-order chi connectivity index (χ0) is 8.39. The molecule has 2 N–H and O–H groups in total. The molecule has 1 aromatic rings. The summed E-state index contributed by atoms with van der Waals surface area (Å²) < 4.78 is 0. The van der Waals surface area contributed by atoms with E-state index in [-0.39, 0.29) is 5.92 Å². The lowest BCUT2D eigenvalue weighted by molar-refractivity contribution is 0.423. The molecule has 1 aromatic heterocycles. The summed E-state index contributed by atoms with van der Waals surface area (Å²) in [5.41, 5.74) is 0.867. The lowest BCUT2D eigenvalue weighted by atomic mass is 9.97. The van der Waals surface area contributed by atoms with Gasteiger partial charge >= 0.3 is 0 Å². The summed E-state index contributed by atoms with van der Waals surface area (Å²) >= 11 is 0. The van der Waals surface area contributed by atoms with Gasteiger partial charge in [0, 0.05) is 5.92 Å². The smallest absolute Gasteiger partial charge is 0.111 e. The number of aromatic nitrogens is 3. The highest BCUT2D eigenvalue weighted by Crippen LogP contribution is 2.23. The number of hydrogen-bond acceptors (Lipinski definition) is 3. The number of aromatic amines is 1. The van der Waals surface area contributed by atoms with E-state index in [1.165, 1.54) is 0 Å². The third kappa shape index (κ3) is 1.23. The van der Waals surface area contributed by atoms with Crippen molar-refractivity contribution >= 4 is 0 Å². The van der Waals surface area contributed by atoms with Crippen molar-refractivity contribution in [3.05, 3.63) is 35.9 Å². The van der Waals surface area contributed by atoms with Crippen molar-refractivity contribution in [3.63, 3.8) is 0 Å². The van der Waals surface area contributed by atoms with Gasteiger partial charge in [0.2, 0.25) is 0 Å². The maximum absolute atomic E-state index is 9.19.